The number of nitrogens with zero attached hydrogens (tertiary/aromatic N) is 1. The van der Waals surface area contributed by atoms with Crippen molar-refractivity contribution in [1.29, 1.82) is 0 Å². The molecule has 3 aliphatic rings. The summed E-state index contributed by atoms with van der Waals surface area (Å²) in [6.07, 6.45) is 6.84. The number of carbonyl (C=O) groups excluding carboxylic acids is 1. The van der Waals surface area contributed by atoms with Gasteiger partial charge in [-0.25, -0.2) is 0 Å². The van der Waals surface area contributed by atoms with E-state index in [1.165, 1.54) is 24.0 Å². The molecule has 2 aliphatic heterocycles. The Bertz CT molecular complexity index is 674. The molecule has 4 heteroatoms. The minimum Gasteiger partial charge on any atom is -0.381 e. The second-order valence-electron chi connectivity index (χ2n) is 8.80. The highest BCUT2D eigenvalue weighted by Crippen LogP contribution is 2.42. The molecule has 4 rings (SSSR count). The largest absolute Gasteiger partial charge is 0.381 e. The van der Waals surface area contributed by atoms with Crippen molar-refractivity contribution in [3.05, 3.63) is 34.9 Å². The third kappa shape index (κ3) is 4.22. The average molecular weight is 372 g/mol. The molecule has 1 aromatic rings. The average Bonchev–Trinajstić information content (AvgIpc) is 3.43. The van der Waals surface area contributed by atoms with E-state index >= 15 is 0 Å². The molecule has 1 saturated carbocycles. The van der Waals surface area contributed by atoms with Gasteiger partial charge in [-0.3, -0.25) is 4.79 Å². The van der Waals surface area contributed by atoms with E-state index in [1.807, 2.05) is 23.1 Å². The van der Waals surface area contributed by atoms with Crippen molar-refractivity contribution in [1.82, 2.24) is 4.90 Å². The Morgan fingerprint density at radius 2 is 1.96 bits per heavy atom. The summed E-state index contributed by atoms with van der Waals surface area (Å²) in [6.45, 7) is 8.41. The van der Waals surface area contributed by atoms with Crippen LogP contribution in [0.1, 0.15) is 60.0 Å². The fourth-order valence-electron chi connectivity index (χ4n) is 4.65. The van der Waals surface area contributed by atoms with E-state index < -0.39 is 0 Å². The van der Waals surface area contributed by atoms with Crippen molar-refractivity contribution in [2.45, 2.75) is 58.0 Å². The van der Waals surface area contributed by atoms with Crippen molar-refractivity contribution in [2.75, 3.05) is 32.9 Å². The number of rotatable bonds is 6. The summed E-state index contributed by atoms with van der Waals surface area (Å²) in [5, 5.41) is 0. The molecule has 1 aromatic carbocycles. The van der Waals surface area contributed by atoms with Gasteiger partial charge in [0.25, 0.3) is 5.91 Å². The number of ether oxygens (including phenoxy) is 2. The van der Waals surface area contributed by atoms with Crippen LogP contribution in [-0.2, 0) is 9.47 Å². The number of hydrogen-bond acceptors (Lipinski definition) is 3. The van der Waals surface area contributed by atoms with Crippen LogP contribution < -0.4 is 0 Å². The predicted octanol–water partition coefficient (Wildman–Crippen LogP) is 4.13. The van der Waals surface area contributed by atoms with Gasteiger partial charge in [-0.2, -0.15) is 0 Å². The highest BCUT2D eigenvalue weighted by atomic mass is 16.5. The van der Waals surface area contributed by atoms with E-state index in [9.17, 15) is 4.79 Å². The van der Waals surface area contributed by atoms with Crippen LogP contribution in [0.25, 0.3) is 0 Å². The molecule has 27 heavy (non-hydrogen) atoms. The quantitative estimate of drug-likeness (QED) is 0.706. The molecule has 0 N–H and O–H groups in total. The summed E-state index contributed by atoms with van der Waals surface area (Å²) < 4.78 is 12.1. The monoisotopic (exact) mass is 371 g/mol. The van der Waals surface area contributed by atoms with E-state index in [4.69, 9.17) is 9.47 Å². The summed E-state index contributed by atoms with van der Waals surface area (Å²) in [5.74, 6) is 1.57. The van der Waals surface area contributed by atoms with Gasteiger partial charge in [0.15, 0.2) is 0 Å². The molecule has 3 fully saturated rings. The zero-order valence-corrected chi connectivity index (χ0v) is 16.8. The molecule has 4 nitrogen and oxygen atoms in total. The molecule has 1 aliphatic carbocycles. The van der Waals surface area contributed by atoms with Crippen LogP contribution in [0.2, 0.25) is 0 Å². The molecule has 0 aromatic heterocycles. The van der Waals surface area contributed by atoms with E-state index in [2.05, 4.69) is 13.8 Å². The minimum absolute atomic E-state index is 0.0249. The fourth-order valence-corrected chi connectivity index (χ4v) is 4.65. The SMILES string of the molecule is Cc1ccc(C(=O)N2CCC3(CC2)OCC[C@H]3CCOCC2CC2)cc1C. The molecule has 1 amide bonds. The first-order valence-electron chi connectivity index (χ1n) is 10.7. The van der Waals surface area contributed by atoms with Crippen LogP contribution in [0.3, 0.4) is 0 Å². The van der Waals surface area contributed by atoms with Crippen LogP contribution in [0, 0.1) is 25.7 Å². The summed E-state index contributed by atoms with van der Waals surface area (Å²) in [4.78, 5) is 14.9. The smallest absolute Gasteiger partial charge is 0.253 e. The van der Waals surface area contributed by atoms with Gasteiger partial charge in [-0.05, 0) is 87.5 Å². The van der Waals surface area contributed by atoms with Gasteiger partial charge in [-0.15, -0.1) is 0 Å². The Hall–Kier alpha value is -1.39. The molecular formula is C23H33NO3. The van der Waals surface area contributed by atoms with Crippen molar-refractivity contribution >= 4 is 5.91 Å². The molecule has 1 atom stereocenters. The van der Waals surface area contributed by atoms with Crippen LogP contribution in [-0.4, -0.2) is 49.3 Å². The molecule has 2 saturated heterocycles. The first-order chi connectivity index (χ1) is 13.1. The Kier molecular flexibility index (Phi) is 5.56. The topological polar surface area (TPSA) is 38.8 Å². The third-order valence-corrected chi connectivity index (χ3v) is 6.91. The zero-order chi connectivity index (χ0) is 18.9. The number of aryl methyl sites for hydroxylation is 2. The van der Waals surface area contributed by atoms with E-state index in [-0.39, 0.29) is 11.5 Å². The standard InChI is InChI=1S/C23H33NO3/c1-17-3-6-20(15-18(17)2)22(25)24-11-9-23(10-12-24)21(8-14-27-23)7-13-26-16-19-4-5-19/h3,6,15,19,21H,4-5,7-14,16H2,1-2H3/t21-/m1/s1. The minimum atomic E-state index is -0.0249. The number of likely N-dealkylation sites (tertiary alicyclic amines) is 1. The Balaban J connectivity index is 1.31. The van der Waals surface area contributed by atoms with Crippen molar-refractivity contribution in [3.8, 4) is 0 Å². The van der Waals surface area contributed by atoms with Gasteiger partial charge in [0.1, 0.15) is 0 Å². The van der Waals surface area contributed by atoms with Crippen LogP contribution >= 0.6 is 0 Å². The molecule has 2 heterocycles. The number of amides is 1. The van der Waals surface area contributed by atoms with Gasteiger partial charge in [-0.1, -0.05) is 6.07 Å². The first-order valence-corrected chi connectivity index (χ1v) is 10.7. The van der Waals surface area contributed by atoms with Crippen LogP contribution in [0.4, 0.5) is 0 Å². The number of benzene rings is 1. The van der Waals surface area contributed by atoms with E-state index in [1.54, 1.807) is 0 Å². The summed E-state index contributed by atoms with van der Waals surface area (Å²) >= 11 is 0. The van der Waals surface area contributed by atoms with Gasteiger partial charge >= 0.3 is 0 Å². The van der Waals surface area contributed by atoms with Crippen molar-refractivity contribution in [2.24, 2.45) is 11.8 Å². The normalized spacial score (nSPS) is 24.5. The number of piperidine rings is 1. The maximum Gasteiger partial charge on any atom is 0.253 e. The molecule has 148 valence electrons. The predicted molar refractivity (Wildman–Crippen MR) is 106 cm³/mol. The number of carbonyl (C=O) groups is 1. The summed E-state index contributed by atoms with van der Waals surface area (Å²) in [7, 11) is 0. The summed E-state index contributed by atoms with van der Waals surface area (Å²) in [6, 6.07) is 6.03. The molecule has 1 spiro atoms. The third-order valence-electron chi connectivity index (χ3n) is 6.91. The lowest BCUT2D eigenvalue weighted by Crippen LogP contribution is -2.49. The molecule has 0 radical (unpaired) electrons. The first kappa shape index (κ1) is 18.9. The number of hydrogen-bond donors (Lipinski definition) is 0. The van der Waals surface area contributed by atoms with Gasteiger partial charge in [0.05, 0.1) is 5.60 Å². The molecule has 0 bridgehead atoms. The Labute approximate surface area is 163 Å². The van der Waals surface area contributed by atoms with Crippen LogP contribution in [0.15, 0.2) is 18.2 Å². The second kappa shape index (κ2) is 7.92. The van der Waals surface area contributed by atoms with Gasteiger partial charge < -0.3 is 14.4 Å². The van der Waals surface area contributed by atoms with Crippen molar-refractivity contribution in [3.63, 3.8) is 0 Å². The Morgan fingerprint density at radius 1 is 1.19 bits per heavy atom. The van der Waals surface area contributed by atoms with Gasteiger partial charge in [0.2, 0.25) is 0 Å². The lowest BCUT2D eigenvalue weighted by atomic mass is 9.78. The lowest BCUT2D eigenvalue weighted by molar-refractivity contribution is -0.0672. The summed E-state index contributed by atoms with van der Waals surface area (Å²) in [5.41, 5.74) is 3.20. The maximum atomic E-state index is 12.9. The lowest BCUT2D eigenvalue weighted by Gasteiger charge is -2.42. The van der Waals surface area contributed by atoms with E-state index in [0.29, 0.717) is 5.92 Å². The highest BCUT2D eigenvalue weighted by molar-refractivity contribution is 5.94. The molecule has 0 unspecified atom stereocenters. The maximum absolute atomic E-state index is 12.9. The van der Waals surface area contributed by atoms with Crippen LogP contribution in [0.5, 0.6) is 0 Å². The Morgan fingerprint density at radius 3 is 2.67 bits per heavy atom. The van der Waals surface area contributed by atoms with E-state index in [0.717, 1.165) is 70.1 Å². The second-order valence-corrected chi connectivity index (χ2v) is 8.80. The highest BCUT2D eigenvalue weighted by Gasteiger charge is 2.46. The van der Waals surface area contributed by atoms with Crippen molar-refractivity contribution < 1.29 is 14.3 Å². The fraction of sp³-hybridized carbons (Fsp3) is 0.696. The zero-order valence-electron chi connectivity index (χ0n) is 16.8. The van der Waals surface area contributed by atoms with Gasteiger partial charge in [0, 0.05) is 38.5 Å². The molecular weight excluding hydrogens is 338 g/mol.